The average Bonchev–Trinajstić information content (AvgIpc) is 2.69. The number of rotatable bonds is 7. The lowest BCUT2D eigenvalue weighted by Gasteiger charge is -2.09. The van der Waals surface area contributed by atoms with Crippen molar-refractivity contribution in [2.24, 2.45) is 11.5 Å². The molecule has 2 aromatic carbocycles. The van der Waals surface area contributed by atoms with Gasteiger partial charge in [0, 0.05) is 16.7 Å². The smallest absolute Gasteiger partial charge is 0.267 e. The molecule has 0 unspecified atom stereocenters. The van der Waals surface area contributed by atoms with Crippen LogP contribution < -0.4 is 21.5 Å². The Hall–Kier alpha value is -3.72. The third kappa shape index (κ3) is 5.17. The number of aromatic nitrogens is 2. The van der Waals surface area contributed by atoms with E-state index in [-0.39, 0.29) is 34.7 Å². The number of anilines is 1. The van der Waals surface area contributed by atoms with Gasteiger partial charge in [-0.2, -0.15) is 0 Å². The van der Waals surface area contributed by atoms with Crippen molar-refractivity contribution in [1.29, 1.82) is 0 Å². The number of ether oxygens (including phenoxy) is 1. The minimum Gasteiger partial charge on any atom is -0.454 e. The molecule has 29 heavy (non-hydrogen) atoms. The largest absolute Gasteiger partial charge is 0.454 e. The van der Waals surface area contributed by atoms with Crippen molar-refractivity contribution in [3.63, 3.8) is 0 Å². The first-order chi connectivity index (χ1) is 13.8. The van der Waals surface area contributed by atoms with Gasteiger partial charge in [0.05, 0.1) is 6.54 Å². The molecule has 0 saturated carbocycles. The minimum atomic E-state index is -0.756. The highest BCUT2D eigenvalue weighted by molar-refractivity contribution is 6.30. The van der Waals surface area contributed by atoms with Gasteiger partial charge in [-0.25, -0.2) is 14.4 Å². The number of nitrogens with one attached hydrogen (secondary N) is 1. The van der Waals surface area contributed by atoms with E-state index < -0.39 is 17.6 Å². The molecule has 5 N–H and O–H groups in total. The maximum absolute atomic E-state index is 13.9. The maximum atomic E-state index is 13.9. The van der Waals surface area contributed by atoms with Crippen LogP contribution in [0.25, 0.3) is 11.4 Å². The van der Waals surface area contributed by atoms with Crippen molar-refractivity contribution in [1.82, 2.24) is 9.97 Å². The van der Waals surface area contributed by atoms with Gasteiger partial charge in [-0.15, -0.1) is 0 Å². The monoisotopic (exact) mass is 415 g/mol. The zero-order valence-electron chi connectivity index (χ0n) is 14.9. The van der Waals surface area contributed by atoms with Gasteiger partial charge in [-0.3, -0.25) is 9.59 Å². The minimum absolute atomic E-state index is 0.0204. The average molecular weight is 416 g/mol. The summed E-state index contributed by atoms with van der Waals surface area (Å²) in [6, 6.07) is 11.8. The summed E-state index contributed by atoms with van der Waals surface area (Å²) in [4.78, 5) is 30.8. The van der Waals surface area contributed by atoms with Crippen LogP contribution in [0, 0.1) is 5.82 Å². The van der Waals surface area contributed by atoms with Gasteiger partial charge in [0.1, 0.15) is 17.3 Å². The summed E-state index contributed by atoms with van der Waals surface area (Å²) in [6.45, 7) is -0.173. The highest BCUT2D eigenvalue weighted by Crippen LogP contribution is 2.28. The summed E-state index contributed by atoms with van der Waals surface area (Å²) in [5.41, 5.74) is 10.9. The van der Waals surface area contributed by atoms with Gasteiger partial charge in [0.2, 0.25) is 5.91 Å². The molecule has 0 fully saturated rings. The van der Waals surface area contributed by atoms with Crippen LogP contribution in [0.4, 0.5) is 10.2 Å². The Labute approximate surface area is 169 Å². The molecular weight excluding hydrogens is 401 g/mol. The molecule has 0 bridgehead atoms. The Balaban J connectivity index is 1.86. The molecule has 2 amide bonds. The molecule has 0 aliphatic heterocycles. The molecule has 0 radical (unpaired) electrons. The topological polar surface area (TPSA) is 133 Å². The van der Waals surface area contributed by atoms with Gasteiger partial charge in [0.15, 0.2) is 17.4 Å². The molecule has 0 aliphatic carbocycles. The molecule has 10 heteroatoms. The lowest BCUT2D eigenvalue weighted by atomic mass is 10.2. The number of carbonyl (C=O) groups excluding carboxylic acids is 2. The molecule has 3 rings (SSSR count). The fourth-order valence-corrected chi connectivity index (χ4v) is 2.49. The molecule has 1 heterocycles. The van der Waals surface area contributed by atoms with Crippen LogP contribution in [-0.4, -0.2) is 28.3 Å². The Kier molecular flexibility index (Phi) is 5.89. The normalized spacial score (nSPS) is 10.4. The van der Waals surface area contributed by atoms with E-state index >= 15 is 0 Å². The molecule has 1 aromatic heterocycles. The Morgan fingerprint density at radius 1 is 1.07 bits per heavy atom. The summed E-state index contributed by atoms with van der Waals surface area (Å²) in [5.74, 6) is -1.15. The first kappa shape index (κ1) is 20.0. The Bertz CT molecular complexity index is 1080. The van der Waals surface area contributed by atoms with Crippen molar-refractivity contribution in [3.05, 3.63) is 65.1 Å². The molecule has 0 spiro atoms. The Morgan fingerprint density at radius 3 is 2.41 bits per heavy atom. The summed E-state index contributed by atoms with van der Waals surface area (Å²) >= 11 is 5.72. The Morgan fingerprint density at radius 2 is 1.79 bits per heavy atom. The molecule has 0 saturated heterocycles. The van der Waals surface area contributed by atoms with E-state index in [4.69, 9.17) is 27.8 Å². The van der Waals surface area contributed by atoms with E-state index in [2.05, 4.69) is 15.3 Å². The van der Waals surface area contributed by atoms with E-state index in [1.807, 2.05) is 0 Å². The zero-order valence-corrected chi connectivity index (χ0v) is 15.6. The molecule has 148 valence electrons. The third-order valence-corrected chi connectivity index (χ3v) is 3.89. The van der Waals surface area contributed by atoms with E-state index in [1.165, 1.54) is 18.2 Å². The van der Waals surface area contributed by atoms with Crippen molar-refractivity contribution < 1.29 is 18.7 Å². The van der Waals surface area contributed by atoms with Crippen molar-refractivity contribution in [3.8, 4) is 22.9 Å². The molecule has 0 aliphatic rings. The van der Waals surface area contributed by atoms with Crippen LogP contribution in [0.3, 0.4) is 0 Å². The lowest BCUT2D eigenvalue weighted by Crippen LogP contribution is -2.23. The van der Waals surface area contributed by atoms with Gasteiger partial charge >= 0.3 is 0 Å². The van der Waals surface area contributed by atoms with Crippen molar-refractivity contribution >= 4 is 29.2 Å². The predicted octanol–water partition coefficient (Wildman–Crippen LogP) is 2.72. The number of benzene rings is 2. The number of amides is 2. The second kappa shape index (κ2) is 8.53. The van der Waals surface area contributed by atoms with Crippen LogP contribution in [0.1, 0.15) is 10.5 Å². The second-order valence-corrected chi connectivity index (χ2v) is 6.28. The predicted molar refractivity (Wildman–Crippen MR) is 105 cm³/mol. The van der Waals surface area contributed by atoms with E-state index in [0.29, 0.717) is 11.3 Å². The number of carbonyl (C=O) groups is 2. The summed E-state index contributed by atoms with van der Waals surface area (Å²) in [5, 5.41) is 2.96. The van der Waals surface area contributed by atoms with Gasteiger partial charge in [-0.1, -0.05) is 11.6 Å². The quantitative estimate of drug-likeness (QED) is 0.543. The number of nitrogens with two attached hydrogens (primary N) is 2. The van der Waals surface area contributed by atoms with E-state index in [0.717, 1.165) is 6.07 Å². The highest BCUT2D eigenvalue weighted by Gasteiger charge is 2.12. The third-order valence-electron chi connectivity index (χ3n) is 3.66. The summed E-state index contributed by atoms with van der Waals surface area (Å²) in [6.07, 6.45) is 0. The first-order valence-corrected chi connectivity index (χ1v) is 8.64. The maximum Gasteiger partial charge on any atom is 0.267 e. The zero-order chi connectivity index (χ0) is 21.0. The standard InChI is InChI=1S/C19H15ClFN5O3/c20-11-3-6-15(13(21)7-11)29-12-4-1-10(2-5-12)19-25-14(18(23)28)8-17(26-19)24-9-16(22)27/h1-8H,9H2,(H2,22,27)(H2,23,28)(H,24,25,26). The van der Waals surface area contributed by atoms with Crippen LogP contribution in [0.2, 0.25) is 5.02 Å². The number of halogens is 2. The lowest BCUT2D eigenvalue weighted by molar-refractivity contribution is -0.116. The molecule has 8 nitrogen and oxygen atoms in total. The highest BCUT2D eigenvalue weighted by atomic mass is 35.5. The van der Waals surface area contributed by atoms with Crippen molar-refractivity contribution in [2.75, 3.05) is 11.9 Å². The second-order valence-electron chi connectivity index (χ2n) is 5.85. The van der Waals surface area contributed by atoms with Crippen molar-refractivity contribution in [2.45, 2.75) is 0 Å². The van der Waals surface area contributed by atoms with Crippen LogP contribution >= 0.6 is 11.6 Å². The molecular formula is C19H15ClFN5O3. The molecule has 0 atom stereocenters. The van der Waals surface area contributed by atoms with Gasteiger partial charge in [-0.05, 0) is 42.5 Å². The first-order valence-electron chi connectivity index (χ1n) is 8.26. The summed E-state index contributed by atoms with van der Waals surface area (Å²) < 4.78 is 19.4. The molecule has 3 aromatic rings. The van der Waals surface area contributed by atoms with E-state index in [9.17, 15) is 14.0 Å². The van der Waals surface area contributed by atoms with Gasteiger partial charge in [0.25, 0.3) is 5.91 Å². The number of hydrogen-bond acceptors (Lipinski definition) is 6. The van der Waals surface area contributed by atoms with Crippen LogP contribution in [0.15, 0.2) is 48.5 Å². The number of nitrogens with zero attached hydrogens (tertiary/aromatic N) is 2. The summed E-state index contributed by atoms with van der Waals surface area (Å²) in [7, 11) is 0. The van der Waals surface area contributed by atoms with Crippen LogP contribution in [-0.2, 0) is 4.79 Å². The SMILES string of the molecule is NC(=O)CNc1cc(C(N)=O)nc(-c2ccc(Oc3ccc(Cl)cc3F)cc2)n1. The fourth-order valence-electron chi connectivity index (χ4n) is 2.33. The van der Waals surface area contributed by atoms with E-state index in [1.54, 1.807) is 24.3 Å². The fraction of sp³-hybridized carbons (Fsp3) is 0.0526. The van der Waals surface area contributed by atoms with Gasteiger partial charge < -0.3 is 21.5 Å². The van der Waals surface area contributed by atoms with Crippen LogP contribution in [0.5, 0.6) is 11.5 Å². The number of primary amides is 2. The number of hydrogen-bond donors (Lipinski definition) is 3.